The first-order chi connectivity index (χ1) is 13.0. The highest BCUT2D eigenvalue weighted by Crippen LogP contribution is 2.21. The Balaban J connectivity index is 1.68. The fraction of sp³-hybridized carbons (Fsp3) is 0.350. The van der Waals surface area contributed by atoms with Crippen molar-refractivity contribution < 1.29 is 13.2 Å². The molecule has 1 amide bonds. The summed E-state index contributed by atoms with van der Waals surface area (Å²) in [6.45, 7) is 1.33. The van der Waals surface area contributed by atoms with E-state index in [2.05, 4.69) is 5.32 Å². The summed E-state index contributed by atoms with van der Waals surface area (Å²) in [7, 11) is -3.56. The molecular weight excluding hydrogens is 362 g/mol. The zero-order chi connectivity index (χ0) is 19.3. The van der Waals surface area contributed by atoms with Gasteiger partial charge in [-0.2, -0.15) is 4.31 Å². The number of hydrogen-bond acceptors (Lipinski definition) is 4. The second-order valence-corrected chi connectivity index (χ2v) is 8.66. The average Bonchev–Trinajstić information content (AvgIpc) is 2.73. The van der Waals surface area contributed by atoms with Gasteiger partial charge in [-0.1, -0.05) is 42.8 Å². The van der Waals surface area contributed by atoms with Gasteiger partial charge in [-0.3, -0.25) is 4.79 Å². The lowest BCUT2D eigenvalue weighted by atomic mass is 10.1. The van der Waals surface area contributed by atoms with Crippen molar-refractivity contribution in [3.8, 4) is 0 Å². The van der Waals surface area contributed by atoms with Crippen LogP contribution in [-0.4, -0.2) is 38.3 Å². The van der Waals surface area contributed by atoms with Crippen molar-refractivity contribution in [3.05, 3.63) is 65.7 Å². The molecule has 0 radical (unpaired) electrons. The quantitative estimate of drug-likeness (QED) is 0.795. The second-order valence-electron chi connectivity index (χ2n) is 6.72. The largest absolute Gasteiger partial charge is 0.350 e. The highest BCUT2D eigenvalue weighted by atomic mass is 32.2. The first kappa shape index (κ1) is 19.5. The molecule has 1 unspecified atom stereocenters. The molecule has 1 aliphatic rings. The molecule has 2 aromatic rings. The lowest BCUT2D eigenvalue weighted by Gasteiger charge is -2.26. The molecule has 1 atom stereocenters. The average molecular weight is 388 g/mol. The van der Waals surface area contributed by atoms with Crippen LogP contribution >= 0.6 is 0 Å². The minimum atomic E-state index is -3.56. The van der Waals surface area contributed by atoms with Crippen LogP contribution in [0.1, 0.15) is 41.2 Å². The molecule has 1 aliphatic heterocycles. The SMILES string of the molecule is NC(CNC(=O)c1cccc(S(=O)(=O)N2CCCCC2)c1)c1ccccc1. The van der Waals surface area contributed by atoms with Gasteiger partial charge in [0.15, 0.2) is 0 Å². The van der Waals surface area contributed by atoms with Gasteiger partial charge in [0.2, 0.25) is 10.0 Å². The van der Waals surface area contributed by atoms with Crippen LogP contribution in [0.4, 0.5) is 0 Å². The molecule has 0 bridgehead atoms. The fourth-order valence-corrected chi connectivity index (χ4v) is 4.74. The van der Waals surface area contributed by atoms with E-state index in [0.29, 0.717) is 18.7 Å². The lowest BCUT2D eigenvalue weighted by Crippen LogP contribution is -2.36. The molecule has 6 nitrogen and oxygen atoms in total. The van der Waals surface area contributed by atoms with E-state index < -0.39 is 10.0 Å². The zero-order valence-corrected chi connectivity index (χ0v) is 16.0. The monoisotopic (exact) mass is 387 g/mol. The number of nitrogens with one attached hydrogen (secondary N) is 1. The van der Waals surface area contributed by atoms with E-state index in [1.807, 2.05) is 30.3 Å². The highest BCUT2D eigenvalue weighted by Gasteiger charge is 2.26. The molecule has 2 aromatic carbocycles. The predicted molar refractivity (Wildman–Crippen MR) is 105 cm³/mol. The first-order valence-corrected chi connectivity index (χ1v) is 10.6. The van der Waals surface area contributed by atoms with Gasteiger partial charge < -0.3 is 11.1 Å². The minimum absolute atomic E-state index is 0.157. The number of hydrogen-bond donors (Lipinski definition) is 2. The van der Waals surface area contributed by atoms with Crippen LogP contribution in [0.2, 0.25) is 0 Å². The van der Waals surface area contributed by atoms with Crippen LogP contribution in [0.5, 0.6) is 0 Å². The van der Waals surface area contributed by atoms with Gasteiger partial charge in [-0.15, -0.1) is 0 Å². The topological polar surface area (TPSA) is 92.5 Å². The van der Waals surface area contributed by atoms with E-state index in [9.17, 15) is 13.2 Å². The molecule has 27 heavy (non-hydrogen) atoms. The Morgan fingerprint density at radius 3 is 2.44 bits per heavy atom. The summed E-state index contributed by atoms with van der Waals surface area (Å²) in [6.07, 6.45) is 2.80. The molecule has 0 spiro atoms. The van der Waals surface area contributed by atoms with Gasteiger partial charge in [-0.05, 0) is 36.6 Å². The van der Waals surface area contributed by atoms with Crippen LogP contribution in [0.25, 0.3) is 0 Å². The highest BCUT2D eigenvalue weighted by molar-refractivity contribution is 7.89. The van der Waals surface area contributed by atoms with Gasteiger partial charge >= 0.3 is 0 Å². The second kappa shape index (κ2) is 8.65. The Morgan fingerprint density at radius 1 is 1.04 bits per heavy atom. The predicted octanol–water partition coefficient (Wildman–Crippen LogP) is 2.29. The van der Waals surface area contributed by atoms with Crippen LogP contribution < -0.4 is 11.1 Å². The van der Waals surface area contributed by atoms with Gasteiger partial charge in [-0.25, -0.2) is 8.42 Å². The third kappa shape index (κ3) is 4.74. The lowest BCUT2D eigenvalue weighted by molar-refractivity contribution is 0.0951. The van der Waals surface area contributed by atoms with E-state index in [-0.39, 0.29) is 23.4 Å². The maximum atomic E-state index is 12.8. The van der Waals surface area contributed by atoms with E-state index in [1.54, 1.807) is 12.1 Å². The van der Waals surface area contributed by atoms with Crippen molar-refractivity contribution in [3.63, 3.8) is 0 Å². The number of sulfonamides is 1. The third-order valence-electron chi connectivity index (χ3n) is 4.76. The molecule has 0 saturated carbocycles. The van der Waals surface area contributed by atoms with Crippen molar-refractivity contribution in [2.45, 2.75) is 30.2 Å². The summed E-state index contributed by atoms with van der Waals surface area (Å²) in [6, 6.07) is 15.4. The molecular formula is C20H25N3O3S. The van der Waals surface area contributed by atoms with Crippen molar-refractivity contribution >= 4 is 15.9 Å². The van der Waals surface area contributed by atoms with Gasteiger partial charge in [0.25, 0.3) is 5.91 Å². The molecule has 144 valence electrons. The van der Waals surface area contributed by atoms with Crippen molar-refractivity contribution in [2.75, 3.05) is 19.6 Å². The fourth-order valence-electron chi connectivity index (χ4n) is 3.17. The number of piperidine rings is 1. The Kier molecular flexibility index (Phi) is 6.26. The minimum Gasteiger partial charge on any atom is -0.350 e. The van der Waals surface area contributed by atoms with Crippen LogP contribution in [-0.2, 0) is 10.0 Å². The van der Waals surface area contributed by atoms with Crippen molar-refractivity contribution in [1.29, 1.82) is 0 Å². The summed E-state index contributed by atoms with van der Waals surface area (Å²) >= 11 is 0. The Bertz CT molecular complexity index is 878. The molecule has 3 N–H and O–H groups in total. The number of amides is 1. The third-order valence-corrected chi connectivity index (χ3v) is 6.65. The molecule has 7 heteroatoms. The van der Waals surface area contributed by atoms with E-state index in [1.165, 1.54) is 16.4 Å². The molecule has 1 heterocycles. The maximum absolute atomic E-state index is 12.8. The van der Waals surface area contributed by atoms with Gasteiger partial charge in [0, 0.05) is 31.2 Å². The summed E-state index contributed by atoms with van der Waals surface area (Å²) in [5.74, 6) is -0.336. The Morgan fingerprint density at radius 2 is 1.74 bits per heavy atom. The Labute approximate surface area is 160 Å². The molecule has 3 rings (SSSR count). The number of carbonyl (C=O) groups excluding carboxylic acids is 1. The summed E-state index contributed by atoms with van der Waals surface area (Å²) in [5.41, 5.74) is 7.34. The number of rotatable bonds is 6. The smallest absolute Gasteiger partial charge is 0.251 e. The summed E-state index contributed by atoms with van der Waals surface area (Å²) in [4.78, 5) is 12.6. The van der Waals surface area contributed by atoms with E-state index in [4.69, 9.17) is 5.73 Å². The van der Waals surface area contributed by atoms with Gasteiger partial charge in [0.05, 0.1) is 4.90 Å². The summed E-state index contributed by atoms with van der Waals surface area (Å²) < 4.78 is 27.1. The maximum Gasteiger partial charge on any atom is 0.251 e. The zero-order valence-electron chi connectivity index (χ0n) is 15.2. The first-order valence-electron chi connectivity index (χ1n) is 9.17. The molecule has 0 aromatic heterocycles. The van der Waals surface area contributed by atoms with Crippen molar-refractivity contribution in [1.82, 2.24) is 9.62 Å². The van der Waals surface area contributed by atoms with E-state index >= 15 is 0 Å². The van der Waals surface area contributed by atoms with Crippen molar-refractivity contribution in [2.24, 2.45) is 5.73 Å². The number of nitrogens with two attached hydrogens (primary N) is 1. The Hall–Kier alpha value is -2.22. The van der Waals surface area contributed by atoms with Crippen LogP contribution in [0.15, 0.2) is 59.5 Å². The molecule has 1 saturated heterocycles. The number of nitrogens with zero attached hydrogens (tertiary/aromatic N) is 1. The molecule has 0 aliphatic carbocycles. The van der Waals surface area contributed by atoms with E-state index in [0.717, 1.165) is 24.8 Å². The molecule has 1 fully saturated rings. The standard InChI is InChI=1S/C20H25N3O3S/c21-19(16-8-3-1-4-9-16)15-22-20(24)17-10-7-11-18(14-17)27(25,26)23-12-5-2-6-13-23/h1,3-4,7-11,14,19H,2,5-6,12-13,15,21H2,(H,22,24). The van der Waals surface area contributed by atoms with Crippen LogP contribution in [0.3, 0.4) is 0 Å². The normalized spacial score (nSPS) is 16.6. The number of benzene rings is 2. The van der Waals surface area contributed by atoms with Gasteiger partial charge in [0.1, 0.15) is 0 Å². The van der Waals surface area contributed by atoms with Crippen LogP contribution in [0, 0.1) is 0 Å². The number of carbonyl (C=O) groups is 1. The summed E-state index contributed by atoms with van der Waals surface area (Å²) in [5, 5.41) is 2.78.